The summed E-state index contributed by atoms with van der Waals surface area (Å²) in [7, 11) is -2.30. The minimum absolute atomic E-state index is 0.0360. The maximum atomic E-state index is 13.0. The smallest absolute Gasteiger partial charge is 0.246 e. The first-order chi connectivity index (χ1) is 11.4. The maximum Gasteiger partial charge on any atom is 0.246 e. The summed E-state index contributed by atoms with van der Waals surface area (Å²) in [4.78, 5) is 0.0680. The summed E-state index contributed by atoms with van der Waals surface area (Å²) < 4.78 is 32.6. The van der Waals surface area contributed by atoms with Crippen LogP contribution in [-0.2, 0) is 10.0 Å². The van der Waals surface area contributed by atoms with Gasteiger partial charge in [-0.1, -0.05) is 41.9 Å². The molecule has 2 aromatic carbocycles. The molecule has 1 heterocycles. The molecule has 0 amide bonds. The number of nitrogens with two attached hydrogens (primary N) is 1. The number of rotatable bonds is 4. The van der Waals surface area contributed by atoms with Crippen LogP contribution in [0.3, 0.4) is 0 Å². The molecule has 0 bridgehead atoms. The second-order valence-electron chi connectivity index (χ2n) is 5.80. The monoisotopic (exact) mass is 366 g/mol. The summed E-state index contributed by atoms with van der Waals surface area (Å²) in [5.41, 5.74) is 7.26. The van der Waals surface area contributed by atoms with E-state index in [-0.39, 0.29) is 29.1 Å². The number of sulfonamides is 1. The fourth-order valence-corrected chi connectivity index (χ4v) is 4.95. The van der Waals surface area contributed by atoms with Gasteiger partial charge in [0.25, 0.3) is 0 Å². The molecule has 2 N–H and O–H groups in total. The molecule has 1 aliphatic rings. The Bertz CT molecular complexity index is 827. The Labute approximate surface area is 147 Å². The molecule has 1 aliphatic heterocycles. The molecule has 7 heteroatoms. The van der Waals surface area contributed by atoms with Crippen LogP contribution >= 0.6 is 11.6 Å². The van der Waals surface area contributed by atoms with Gasteiger partial charge in [-0.3, -0.25) is 0 Å². The first kappa shape index (κ1) is 17.2. The minimum atomic E-state index is -3.73. The molecule has 5 nitrogen and oxygen atoms in total. The van der Waals surface area contributed by atoms with E-state index in [1.807, 2.05) is 30.3 Å². The van der Waals surface area contributed by atoms with Crippen molar-refractivity contribution in [2.24, 2.45) is 5.73 Å². The normalized spacial score (nSPS) is 21.8. The van der Waals surface area contributed by atoms with Crippen molar-refractivity contribution in [3.63, 3.8) is 0 Å². The number of benzene rings is 2. The van der Waals surface area contributed by atoms with Crippen LogP contribution in [0, 0.1) is 0 Å². The number of nitrogens with zero attached hydrogens (tertiary/aromatic N) is 1. The molecule has 0 aliphatic carbocycles. The van der Waals surface area contributed by atoms with Gasteiger partial charge in [-0.2, -0.15) is 4.31 Å². The highest BCUT2D eigenvalue weighted by Gasteiger charge is 2.39. The van der Waals surface area contributed by atoms with Crippen molar-refractivity contribution >= 4 is 21.6 Å². The van der Waals surface area contributed by atoms with Gasteiger partial charge in [-0.15, -0.1) is 0 Å². The third kappa shape index (κ3) is 3.15. The lowest BCUT2D eigenvalue weighted by atomic mass is 9.95. The lowest BCUT2D eigenvalue weighted by Crippen LogP contribution is -2.32. The van der Waals surface area contributed by atoms with E-state index in [2.05, 4.69) is 0 Å². The fraction of sp³-hybridized carbons (Fsp3) is 0.294. The van der Waals surface area contributed by atoms with Crippen LogP contribution < -0.4 is 10.5 Å². The SMILES string of the molecule is COc1ccc(Cl)cc1S(=O)(=O)N1C[C@@H](N)[C@H](c2ccccc2)C1. The van der Waals surface area contributed by atoms with Crippen molar-refractivity contribution in [1.82, 2.24) is 4.31 Å². The predicted octanol–water partition coefficient (Wildman–Crippen LogP) is 2.46. The van der Waals surface area contributed by atoms with Crippen LogP contribution in [0.1, 0.15) is 11.5 Å². The highest BCUT2D eigenvalue weighted by atomic mass is 35.5. The molecule has 1 saturated heterocycles. The van der Waals surface area contributed by atoms with Crippen LogP contribution in [0.25, 0.3) is 0 Å². The van der Waals surface area contributed by atoms with Gasteiger partial charge in [-0.25, -0.2) is 8.42 Å². The standard InChI is InChI=1S/C17H19ClN2O3S/c1-23-16-8-7-13(18)9-17(16)24(21,22)20-10-14(15(19)11-20)12-5-3-2-4-6-12/h2-9,14-15H,10-11,19H2,1H3/t14-,15+/m0/s1. The Morgan fingerprint density at radius 2 is 1.88 bits per heavy atom. The average Bonchev–Trinajstić information content (AvgIpc) is 2.98. The van der Waals surface area contributed by atoms with E-state index in [1.54, 1.807) is 12.1 Å². The van der Waals surface area contributed by atoms with Crippen LogP contribution in [-0.4, -0.2) is 39.0 Å². The molecule has 2 aromatic rings. The molecule has 0 unspecified atom stereocenters. The molecule has 0 aromatic heterocycles. The van der Waals surface area contributed by atoms with E-state index < -0.39 is 10.0 Å². The van der Waals surface area contributed by atoms with Gasteiger partial charge in [0, 0.05) is 30.1 Å². The largest absolute Gasteiger partial charge is 0.495 e. The highest BCUT2D eigenvalue weighted by Crippen LogP contribution is 2.34. The Morgan fingerprint density at radius 1 is 1.17 bits per heavy atom. The predicted molar refractivity (Wildman–Crippen MR) is 93.9 cm³/mol. The van der Waals surface area contributed by atoms with Gasteiger partial charge in [0.2, 0.25) is 10.0 Å². The number of halogens is 1. The van der Waals surface area contributed by atoms with E-state index in [4.69, 9.17) is 22.1 Å². The Balaban J connectivity index is 1.93. The van der Waals surface area contributed by atoms with Crippen molar-refractivity contribution in [1.29, 1.82) is 0 Å². The second-order valence-corrected chi connectivity index (χ2v) is 8.14. The molecule has 0 saturated carbocycles. The first-order valence-corrected chi connectivity index (χ1v) is 9.39. The van der Waals surface area contributed by atoms with E-state index in [0.29, 0.717) is 11.6 Å². The second kappa shape index (κ2) is 6.72. The molecular formula is C17H19ClN2O3S. The van der Waals surface area contributed by atoms with Crippen molar-refractivity contribution < 1.29 is 13.2 Å². The van der Waals surface area contributed by atoms with Gasteiger partial charge in [0.1, 0.15) is 10.6 Å². The summed E-state index contributed by atoms with van der Waals surface area (Å²) >= 11 is 5.98. The van der Waals surface area contributed by atoms with E-state index >= 15 is 0 Å². The summed E-state index contributed by atoms with van der Waals surface area (Å²) in [6.07, 6.45) is 0. The summed E-state index contributed by atoms with van der Waals surface area (Å²) in [6.45, 7) is 0.598. The Kier molecular flexibility index (Phi) is 4.83. The topological polar surface area (TPSA) is 72.6 Å². The fourth-order valence-electron chi connectivity index (χ4n) is 3.03. The summed E-state index contributed by atoms with van der Waals surface area (Å²) in [6, 6.07) is 14.0. The van der Waals surface area contributed by atoms with E-state index in [1.165, 1.54) is 17.5 Å². The third-order valence-corrected chi connectivity index (χ3v) is 6.39. The van der Waals surface area contributed by atoms with Crippen LogP contribution in [0.4, 0.5) is 0 Å². The Morgan fingerprint density at radius 3 is 2.54 bits per heavy atom. The zero-order valence-electron chi connectivity index (χ0n) is 13.2. The lowest BCUT2D eigenvalue weighted by molar-refractivity contribution is 0.398. The van der Waals surface area contributed by atoms with Crippen LogP contribution in [0.2, 0.25) is 5.02 Å². The minimum Gasteiger partial charge on any atom is -0.495 e. The van der Waals surface area contributed by atoms with Gasteiger partial charge in [0.05, 0.1) is 7.11 Å². The van der Waals surface area contributed by atoms with E-state index in [9.17, 15) is 8.42 Å². The quantitative estimate of drug-likeness (QED) is 0.902. The van der Waals surface area contributed by atoms with Crippen molar-refractivity contribution in [3.05, 3.63) is 59.1 Å². The molecule has 3 rings (SSSR count). The third-order valence-electron chi connectivity index (χ3n) is 4.30. The molecule has 24 heavy (non-hydrogen) atoms. The zero-order chi connectivity index (χ0) is 17.3. The van der Waals surface area contributed by atoms with E-state index in [0.717, 1.165) is 5.56 Å². The van der Waals surface area contributed by atoms with Gasteiger partial charge in [-0.05, 0) is 23.8 Å². The molecular weight excluding hydrogens is 348 g/mol. The first-order valence-electron chi connectivity index (χ1n) is 7.57. The average molecular weight is 367 g/mol. The zero-order valence-corrected chi connectivity index (χ0v) is 14.8. The van der Waals surface area contributed by atoms with Crippen LogP contribution in [0.15, 0.2) is 53.4 Å². The van der Waals surface area contributed by atoms with Crippen molar-refractivity contribution in [2.45, 2.75) is 16.9 Å². The maximum absolute atomic E-state index is 13.0. The van der Waals surface area contributed by atoms with Crippen LogP contribution in [0.5, 0.6) is 5.75 Å². The highest BCUT2D eigenvalue weighted by molar-refractivity contribution is 7.89. The van der Waals surface area contributed by atoms with Gasteiger partial charge < -0.3 is 10.5 Å². The van der Waals surface area contributed by atoms with Gasteiger partial charge >= 0.3 is 0 Å². The van der Waals surface area contributed by atoms with Gasteiger partial charge in [0.15, 0.2) is 0 Å². The summed E-state index contributed by atoms with van der Waals surface area (Å²) in [5.74, 6) is 0.238. The number of hydrogen-bond acceptors (Lipinski definition) is 4. The number of methoxy groups -OCH3 is 1. The number of ether oxygens (including phenoxy) is 1. The lowest BCUT2D eigenvalue weighted by Gasteiger charge is -2.18. The molecule has 1 fully saturated rings. The molecule has 128 valence electrons. The summed E-state index contributed by atoms with van der Waals surface area (Å²) in [5, 5.41) is 0.345. The molecule has 0 spiro atoms. The molecule has 2 atom stereocenters. The molecule has 0 radical (unpaired) electrons. The number of hydrogen-bond donors (Lipinski definition) is 1. The Hall–Kier alpha value is -1.60. The van der Waals surface area contributed by atoms with Crippen molar-refractivity contribution in [2.75, 3.05) is 20.2 Å². The van der Waals surface area contributed by atoms with Crippen molar-refractivity contribution in [3.8, 4) is 5.75 Å².